The summed E-state index contributed by atoms with van der Waals surface area (Å²) in [5, 5.41) is 0. The van der Waals surface area contributed by atoms with E-state index in [1.165, 1.54) is 25.9 Å². The summed E-state index contributed by atoms with van der Waals surface area (Å²) < 4.78 is 1.10. The van der Waals surface area contributed by atoms with Crippen molar-refractivity contribution in [3.63, 3.8) is 0 Å². The van der Waals surface area contributed by atoms with Gasteiger partial charge in [-0.25, -0.2) is 0 Å². The maximum atomic E-state index is 12.4. The molecule has 1 aromatic rings. The standard InChI is InChI=1S/C16H21BrN2OS/c17-15-7-5-14(21-15)6-8-16(20)19-11-3-4-13(19)12-18-9-1-2-10-18/h5-8,13H,1-4,9-12H2/b8-6+. The maximum Gasteiger partial charge on any atom is 0.246 e. The van der Waals surface area contributed by atoms with Gasteiger partial charge in [0.1, 0.15) is 0 Å². The summed E-state index contributed by atoms with van der Waals surface area (Å²) in [6.45, 7) is 4.38. The zero-order chi connectivity index (χ0) is 14.7. The van der Waals surface area contributed by atoms with Crippen molar-refractivity contribution in [1.82, 2.24) is 9.80 Å². The van der Waals surface area contributed by atoms with Crippen LogP contribution in [0.15, 0.2) is 22.0 Å². The molecule has 3 heterocycles. The Morgan fingerprint density at radius 2 is 2.10 bits per heavy atom. The number of amides is 1. The number of thiophene rings is 1. The lowest BCUT2D eigenvalue weighted by molar-refractivity contribution is -0.127. The highest BCUT2D eigenvalue weighted by atomic mass is 79.9. The zero-order valence-corrected chi connectivity index (χ0v) is 14.5. The maximum absolute atomic E-state index is 12.4. The van der Waals surface area contributed by atoms with Crippen LogP contribution in [-0.2, 0) is 4.79 Å². The van der Waals surface area contributed by atoms with E-state index in [1.807, 2.05) is 18.2 Å². The highest BCUT2D eigenvalue weighted by Crippen LogP contribution is 2.24. The molecule has 1 amide bonds. The number of rotatable bonds is 4. The topological polar surface area (TPSA) is 23.6 Å². The fourth-order valence-electron chi connectivity index (χ4n) is 3.25. The number of carbonyl (C=O) groups is 1. The quantitative estimate of drug-likeness (QED) is 0.757. The lowest BCUT2D eigenvalue weighted by Gasteiger charge is -2.27. The molecule has 1 atom stereocenters. The minimum Gasteiger partial charge on any atom is -0.335 e. The van der Waals surface area contributed by atoms with E-state index in [4.69, 9.17) is 0 Å². The Hall–Kier alpha value is -0.650. The largest absolute Gasteiger partial charge is 0.335 e. The molecule has 114 valence electrons. The smallest absolute Gasteiger partial charge is 0.246 e. The van der Waals surface area contributed by atoms with E-state index < -0.39 is 0 Å². The van der Waals surface area contributed by atoms with Crippen LogP contribution >= 0.6 is 27.3 Å². The van der Waals surface area contributed by atoms with Crippen LogP contribution in [-0.4, -0.2) is 47.9 Å². The van der Waals surface area contributed by atoms with Crippen molar-refractivity contribution < 1.29 is 4.79 Å². The van der Waals surface area contributed by atoms with Gasteiger partial charge >= 0.3 is 0 Å². The van der Waals surface area contributed by atoms with E-state index in [1.54, 1.807) is 17.4 Å². The Bertz CT molecular complexity index is 522. The summed E-state index contributed by atoms with van der Waals surface area (Å²) >= 11 is 5.10. The molecular formula is C16H21BrN2OS. The van der Waals surface area contributed by atoms with Gasteiger partial charge in [0.15, 0.2) is 0 Å². The van der Waals surface area contributed by atoms with Crippen LogP contribution in [0.2, 0.25) is 0 Å². The van der Waals surface area contributed by atoms with Crippen molar-refractivity contribution in [2.24, 2.45) is 0 Å². The molecule has 0 aliphatic carbocycles. The average Bonchev–Trinajstić information content (AvgIpc) is 3.19. The van der Waals surface area contributed by atoms with Crippen LogP contribution in [0.3, 0.4) is 0 Å². The summed E-state index contributed by atoms with van der Waals surface area (Å²) in [6.07, 6.45) is 8.59. The highest BCUT2D eigenvalue weighted by molar-refractivity contribution is 9.11. The first-order valence-electron chi connectivity index (χ1n) is 7.69. The van der Waals surface area contributed by atoms with Crippen molar-refractivity contribution in [3.05, 3.63) is 26.9 Å². The van der Waals surface area contributed by atoms with E-state index >= 15 is 0 Å². The van der Waals surface area contributed by atoms with Crippen molar-refractivity contribution in [3.8, 4) is 0 Å². The second-order valence-corrected chi connectivity index (χ2v) is 8.31. The van der Waals surface area contributed by atoms with Crippen molar-refractivity contribution in [2.75, 3.05) is 26.2 Å². The summed E-state index contributed by atoms with van der Waals surface area (Å²) in [5.74, 6) is 0.168. The summed E-state index contributed by atoms with van der Waals surface area (Å²) in [6, 6.07) is 4.46. The number of halogens is 1. The van der Waals surface area contributed by atoms with Crippen molar-refractivity contribution in [1.29, 1.82) is 0 Å². The van der Waals surface area contributed by atoms with E-state index in [-0.39, 0.29) is 5.91 Å². The molecule has 0 radical (unpaired) electrons. The molecule has 0 saturated carbocycles. The van der Waals surface area contributed by atoms with Gasteiger partial charge in [-0.3, -0.25) is 4.79 Å². The lowest BCUT2D eigenvalue weighted by atomic mass is 10.2. The monoisotopic (exact) mass is 368 g/mol. The van der Waals surface area contributed by atoms with Gasteiger partial charge < -0.3 is 9.80 Å². The highest BCUT2D eigenvalue weighted by Gasteiger charge is 2.29. The Kier molecular flexibility index (Phi) is 5.14. The zero-order valence-electron chi connectivity index (χ0n) is 12.1. The minimum absolute atomic E-state index is 0.168. The van der Waals surface area contributed by atoms with Crippen molar-refractivity contribution >= 4 is 39.2 Å². The molecular weight excluding hydrogens is 348 g/mol. The Balaban J connectivity index is 1.58. The Labute approximate surface area is 138 Å². The van der Waals surface area contributed by atoms with Gasteiger partial charge in [0.2, 0.25) is 5.91 Å². The van der Waals surface area contributed by atoms with Crippen LogP contribution in [0.25, 0.3) is 6.08 Å². The summed E-state index contributed by atoms with van der Waals surface area (Å²) in [5.41, 5.74) is 0. The molecule has 2 aliphatic rings. The van der Waals surface area contributed by atoms with Gasteiger partial charge in [0.25, 0.3) is 0 Å². The first-order valence-corrected chi connectivity index (χ1v) is 9.30. The molecule has 1 aromatic heterocycles. The molecule has 1 unspecified atom stereocenters. The molecule has 3 nitrogen and oxygen atoms in total. The van der Waals surface area contributed by atoms with E-state index in [2.05, 4.69) is 25.7 Å². The van der Waals surface area contributed by atoms with Gasteiger partial charge in [-0.1, -0.05) is 0 Å². The molecule has 3 rings (SSSR count). The SMILES string of the molecule is O=C(/C=C/c1ccc(Br)s1)N1CCCC1CN1CCCC1. The molecule has 0 N–H and O–H groups in total. The summed E-state index contributed by atoms with van der Waals surface area (Å²) in [4.78, 5) is 18.1. The number of carbonyl (C=O) groups excluding carboxylic acids is 1. The third kappa shape index (κ3) is 3.96. The number of likely N-dealkylation sites (tertiary alicyclic amines) is 2. The van der Waals surface area contributed by atoms with Gasteiger partial charge in [0, 0.05) is 30.1 Å². The summed E-state index contributed by atoms with van der Waals surface area (Å²) in [7, 11) is 0. The third-order valence-corrected chi connectivity index (χ3v) is 5.90. The van der Waals surface area contributed by atoms with Crippen molar-refractivity contribution in [2.45, 2.75) is 31.7 Å². The average molecular weight is 369 g/mol. The van der Waals surface area contributed by atoms with Crippen LogP contribution < -0.4 is 0 Å². The molecule has 5 heteroatoms. The Morgan fingerprint density at radius 3 is 2.81 bits per heavy atom. The van der Waals surface area contributed by atoms with E-state index in [0.29, 0.717) is 6.04 Å². The number of hydrogen-bond donors (Lipinski definition) is 0. The molecule has 0 aromatic carbocycles. The number of hydrogen-bond acceptors (Lipinski definition) is 3. The molecule has 21 heavy (non-hydrogen) atoms. The lowest BCUT2D eigenvalue weighted by Crippen LogP contribution is -2.41. The normalized spacial score (nSPS) is 23.5. The first-order chi connectivity index (χ1) is 10.2. The Morgan fingerprint density at radius 1 is 1.29 bits per heavy atom. The van der Waals surface area contributed by atoms with Gasteiger partial charge in [-0.2, -0.15) is 0 Å². The first kappa shape index (κ1) is 15.3. The fraction of sp³-hybridized carbons (Fsp3) is 0.562. The van der Waals surface area contributed by atoms with Gasteiger partial charge in [-0.05, 0) is 72.9 Å². The molecule has 2 aliphatic heterocycles. The van der Waals surface area contributed by atoms with Crippen LogP contribution in [0.5, 0.6) is 0 Å². The van der Waals surface area contributed by atoms with E-state index in [9.17, 15) is 4.79 Å². The number of nitrogens with zero attached hydrogens (tertiary/aromatic N) is 2. The van der Waals surface area contributed by atoms with Crippen LogP contribution in [0.1, 0.15) is 30.6 Å². The molecule has 0 spiro atoms. The second kappa shape index (κ2) is 7.07. The molecule has 2 saturated heterocycles. The molecule has 0 bridgehead atoms. The fourth-order valence-corrected chi connectivity index (χ4v) is 4.57. The second-order valence-electron chi connectivity index (χ2n) is 5.81. The predicted octanol–water partition coefficient (Wildman–Crippen LogP) is 3.61. The van der Waals surface area contributed by atoms with Crippen LogP contribution in [0, 0.1) is 0 Å². The third-order valence-electron chi connectivity index (χ3n) is 4.31. The van der Waals surface area contributed by atoms with E-state index in [0.717, 1.165) is 34.6 Å². The minimum atomic E-state index is 0.168. The van der Waals surface area contributed by atoms with Crippen LogP contribution in [0.4, 0.5) is 0 Å². The molecule has 2 fully saturated rings. The van der Waals surface area contributed by atoms with Gasteiger partial charge in [-0.15, -0.1) is 11.3 Å². The predicted molar refractivity (Wildman–Crippen MR) is 91.5 cm³/mol. The van der Waals surface area contributed by atoms with Gasteiger partial charge in [0.05, 0.1) is 3.79 Å².